The lowest BCUT2D eigenvalue weighted by Gasteiger charge is -2.46. The van der Waals surface area contributed by atoms with Gasteiger partial charge in [0, 0.05) is 83.1 Å². The van der Waals surface area contributed by atoms with Crippen LogP contribution < -0.4 is 26.2 Å². The Bertz CT molecular complexity index is 7320. The molecule has 0 atom stereocenters. The van der Waals surface area contributed by atoms with E-state index in [1.54, 1.807) is 41.3 Å². The van der Waals surface area contributed by atoms with E-state index in [0.717, 1.165) is 14.7 Å². The minimum absolute atomic E-state index is 0.0161. The number of hydrogen-bond acceptors (Lipinski definition) is 3. The molecule has 6 heteroatoms. The number of rotatable bonds is 7. The molecule has 0 saturated heterocycles. The first-order valence-corrected chi connectivity index (χ1v) is 31.7. The molecule has 0 bridgehead atoms. The number of nitrogens with zero attached hydrogens (tertiary/aromatic N) is 4. The molecule has 96 heavy (non-hydrogen) atoms. The standard InChI is InChI=1S/C90H73BN4O/c1-88(2,3)59-49-68(56-29-13-10-14-30-56)85(69(50-59)57-31-15-11-16-32-57)94-78-53-61(92-74-40-24-19-35-63(74)64-36-20-25-41-75(64)92)45-47-72(78)91-73-48-46-62(93-76-42-26-21-37-65(76)66-38-22-27-43-77(66)93)54-79(73)95(81-52-60(89(4,5)6)51-80(94)84(81)91)86-70(58-33-17-12-18-34-58)55-71(90(7,8)9)83-67-39-23-28-44-82(67)96-87(83)86/h10-55H,1-9H3/i19D,20D,21D,22D,23D,24D,25D,26D,27D,28D,35D,36D,37D,38D,39D,40D,41D,42D,43D,44D,45D,46D,47D,48D,53D,54D,55D. The average Bonchev–Trinajstić information content (AvgIpc) is 1.54. The van der Waals surface area contributed by atoms with Gasteiger partial charge in [-0.15, -0.1) is 0 Å². The predicted molar refractivity (Wildman–Crippen MR) is 409 cm³/mol. The number of furan rings is 1. The van der Waals surface area contributed by atoms with Crippen molar-refractivity contribution in [1.29, 1.82) is 0 Å². The van der Waals surface area contributed by atoms with Crippen LogP contribution in [-0.4, -0.2) is 15.8 Å². The van der Waals surface area contributed by atoms with E-state index in [-0.39, 0.29) is 78.2 Å². The zero-order valence-electron chi connectivity index (χ0n) is 80.7. The summed E-state index contributed by atoms with van der Waals surface area (Å²) in [6.45, 7) is 15.5. The lowest BCUT2D eigenvalue weighted by molar-refractivity contribution is 0.590. The predicted octanol–water partition coefficient (Wildman–Crippen LogP) is 22.8. The van der Waals surface area contributed by atoms with E-state index in [9.17, 15) is 31.5 Å². The van der Waals surface area contributed by atoms with Crippen LogP contribution in [0.1, 0.15) is 116 Å². The summed E-state index contributed by atoms with van der Waals surface area (Å²) in [6.07, 6.45) is 0. The molecule has 16 aromatic rings. The maximum Gasteiger partial charge on any atom is 0.252 e. The zero-order valence-corrected chi connectivity index (χ0v) is 53.7. The fourth-order valence-corrected chi connectivity index (χ4v) is 14.1. The van der Waals surface area contributed by atoms with E-state index in [2.05, 4.69) is 0 Å². The van der Waals surface area contributed by atoms with Gasteiger partial charge in [-0.3, -0.25) is 0 Å². The van der Waals surface area contributed by atoms with Gasteiger partial charge < -0.3 is 23.4 Å². The van der Waals surface area contributed by atoms with Crippen molar-refractivity contribution in [3.05, 3.63) is 295 Å². The number of para-hydroxylation sites is 5. The van der Waals surface area contributed by atoms with Gasteiger partial charge in [0.05, 0.1) is 70.5 Å². The van der Waals surface area contributed by atoms with Crippen LogP contribution in [0.2, 0.25) is 0 Å². The van der Waals surface area contributed by atoms with E-state index in [0.29, 0.717) is 39.1 Å². The van der Waals surface area contributed by atoms with Gasteiger partial charge in [-0.2, -0.15) is 0 Å². The first-order valence-electron chi connectivity index (χ1n) is 45.2. The monoisotopic (exact) mass is 1260 g/mol. The third-order valence-electron chi connectivity index (χ3n) is 18.6. The maximum atomic E-state index is 11.7. The first-order chi connectivity index (χ1) is 57.8. The van der Waals surface area contributed by atoms with Gasteiger partial charge in [0.1, 0.15) is 5.58 Å². The highest BCUT2D eigenvalue weighted by Gasteiger charge is 2.47. The summed E-state index contributed by atoms with van der Waals surface area (Å²) in [5.74, 6) is 0. The normalized spacial score (nSPS) is 17.1. The van der Waals surface area contributed by atoms with E-state index in [1.807, 2.05) is 141 Å². The zero-order chi connectivity index (χ0) is 88.6. The fourth-order valence-electron chi connectivity index (χ4n) is 14.1. The molecule has 462 valence electrons. The van der Waals surface area contributed by atoms with Crippen molar-refractivity contribution in [2.75, 3.05) is 9.80 Å². The molecule has 0 fully saturated rings. The number of hydrogen-bond donors (Lipinski definition) is 0. The van der Waals surface area contributed by atoms with E-state index in [4.69, 9.17) is 9.90 Å². The van der Waals surface area contributed by atoms with Crippen molar-refractivity contribution in [1.82, 2.24) is 9.13 Å². The summed E-state index contributed by atoms with van der Waals surface area (Å²) < 4.78 is 278. The van der Waals surface area contributed by atoms with Gasteiger partial charge in [0.2, 0.25) is 0 Å². The molecular formula is C90H73BN4O. The quantitative estimate of drug-likeness (QED) is 0.149. The highest BCUT2D eigenvalue weighted by atomic mass is 16.3. The third-order valence-corrected chi connectivity index (χ3v) is 18.6. The van der Waals surface area contributed by atoms with Crippen LogP contribution in [0.3, 0.4) is 0 Å². The Kier molecular flexibility index (Phi) is 7.95. The molecule has 5 nitrogen and oxygen atoms in total. The summed E-state index contributed by atoms with van der Waals surface area (Å²) in [5, 5.41) is -1.83. The molecule has 18 rings (SSSR count). The smallest absolute Gasteiger partial charge is 0.252 e. The van der Waals surface area contributed by atoms with Gasteiger partial charge in [0.15, 0.2) is 5.58 Å². The van der Waals surface area contributed by atoms with E-state index >= 15 is 0 Å². The summed E-state index contributed by atoms with van der Waals surface area (Å²) in [6, 6.07) is 14.5. The lowest BCUT2D eigenvalue weighted by atomic mass is 9.33. The van der Waals surface area contributed by atoms with Gasteiger partial charge in [-0.05, 0) is 151 Å². The maximum absolute atomic E-state index is 11.7. The second-order valence-corrected chi connectivity index (χ2v) is 27.6. The van der Waals surface area contributed by atoms with Crippen LogP contribution in [0.5, 0.6) is 0 Å². The molecule has 13 aromatic carbocycles. The van der Waals surface area contributed by atoms with Crippen LogP contribution in [0.25, 0.3) is 110 Å². The molecule has 0 unspecified atom stereocenters. The largest absolute Gasteiger partial charge is 0.454 e. The van der Waals surface area contributed by atoms with Crippen molar-refractivity contribution in [2.45, 2.75) is 78.6 Å². The fraction of sp³-hybridized carbons (Fsp3) is 0.133. The SMILES string of the molecule is [2H]c1c([2H])c(-n2c3c([2H])c([2H])c([2H])c([2H])c3c3c([2H])c([2H])c([2H])c([2H])c32)c([2H])c2c1B1c3c(cc(C(C)(C)C)cc3N(c3c(-c4ccccc4)c([2H])c(C(C)(C)C)c4c3oc3c([2H])c([2H])c([2H])c([2H])c34)c3c([2H])c(-n4c5c([2H])c([2H])c([2H])c([2H])c5c5c([2H])c([2H])c([2H])c([2H])c54)c([2H])c([2H])c31)N2c1c(-c2ccccc2)cc(C(C)(C)C)cc1-c1ccccc1. The van der Waals surface area contributed by atoms with Gasteiger partial charge >= 0.3 is 0 Å². The first kappa shape index (κ1) is 36.0. The van der Waals surface area contributed by atoms with E-state index in [1.165, 1.54) is 4.90 Å². The topological polar surface area (TPSA) is 29.5 Å². The molecule has 3 aromatic heterocycles. The summed E-state index contributed by atoms with van der Waals surface area (Å²) in [7, 11) is 0. The lowest BCUT2D eigenvalue weighted by Crippen LogP contribution is -2.61. The summed E-state index contributed by atoms with van der Waals surface area (Å²) >= 11 is 0. The Morgan fingerprint density at radius 2 is 0.750 bits per heavy atom. The second kappa shape index (κ2) is 21.2. The van der Waals surface area contributed by atoms with Gasteiger partial charge in [-0.1, -0.05) is 256 Å². The van der Waals surface area contributed by atoms with Gasteiger partial charge in [-0.25, -0.2) is 0 Å². The summed E-state index contributed by atoms with van der Waals surface area (Å²) in [4.78, 5) is 3.30. The highest BCUT2D eigenvalue weighted by Crippen LogP contribution is 2.56. The molecule has 0 amide bonds. The van der Waals surface area contributed by atoms with Crippen LogP contribution in [0.15, 0.2) is 283 Å². The molecule has 0 aliphatic carbocycles. The summed E-state index contributed by atoms with van der Waals surface area (Å²) in [5.41, 5.74) is -3.72. The third kappa shape index (κ3) is 8.77. The molecule has 2 aliphatic rings. The molecule has 0 saturated carbocycles. The molecule has 0 spiro atoms. The van der Waals surface area contributed by atoms with Crippen molar-refractivity contribution < 1.29 is 41.4 Å². The minimum Gasteiger partial charge on any atom is -0.454 e. The Balaban J connectivity index is 1.16. The van der Waals surface area contributed by atoms with Gasteiger partial charge in [0.25, 0.3) is 6.71 Å². The van der Waals surface area contributed by atoms with Crippen molar-refractivity contribution in [3.63, 3.8) is 0 Å². The van der Waals surface area contributed by atoms with Crippen molar-refractivity contribution >= 4 is 123 Å². The number of anilines is 6. The van der Waals surface area contributed by atoms with Crippen molar-refractivity contribution in [3.8, 4) is 44.8 Å². The number of aromatic nitrogens is 2. The van der Waals surface area contributed by atoms with Crippen LogP contribution >= 0.6 is 0 Å². The number of fused-ring (bicyclic) bond motifs is 13. The highest BCUT2D eigenvalue weighted by molar-refractivity contribution is 7.00. The van der Waals surface area contributed by atoms with Crippen LogP contribution in [0, 0.1) is 0 Å². The Morgan fingerprint density at radius 1 is 0.365 bits per heavy atom. The molecule has 5 heterocycles. The van der Waals surface area contributed by atoms with Crippen LogP contribution in [-0.2, 0) is 16.2 Å². The minimum atomic E-state index is -1.83. The van der Waals surface area contributed by atoms with Crippen molar-refractivity contribution in [2.24, 2.45) is 0 Å². The Morgan fingerprint density at radius 3 is 1.18 bits per heavy atom. The molecule has 2 aliphatic heterocycles. The Labute approximate surface area is 599 Å². The van der Waals surface area contributed by atoms with Crippen LogP contribution in [0.4, 0.5) is 34.1 Å². The average molecular weight is 1260 g/mol. The van der Waals surface area contributed by atoms with E-state index < -0.39 is 241 Å². The molecule has 0 N–H and O–H groups in total. The molecular weight excluding hydrogens is 1160 g/mol. The Hall–Kier alpha value is -11.1. The molecule has 0 radical (unpaired) electrons. The second-order valence-electron chi connectivity index (χ2n) is 27.6. The number of benzene rings is 13.